The third-order valence-electron chi connectivity index (χ3n) is 16.4. The number of benzene rings is 9. The Balaban J connectivity index is 1.01. The molecule has 2 aliphatic rings. The first-order valence-corrected chi connectivity index (χ1v) is 25.4. The van der Waals surface area contributed by atoms with Crippen LogP contribution in [0.15, 0.2) is 158 Å². The smallest absolute Gasteiger partial charge is 0.0543 e. The second-order valence-electron chi connectivity index (χ2n) is 21.2. The molecule has 0 radical (unpaired) electrons. The summed E-state index contributed by atoms with van der Waals surface area (Å²) in [6.45, 7) is 18.4. The molecule has 0 bridgehead atoms. The summed E-state index contributed by atoms with van der Waals surface area (Å²) >= 11 is 0. The van der Waals surface area contributed by atoms with Gasteiger partial charge in [0.05, 0.1) is 5.69 Å². The second kappa shape index (κ2) is 16.6. The maximum Gasteiger partial charge on any atom is 0.0543 e. The normalized spacial score (nSPS) is 13.9. The Morgan fingerprint density at radius 2 is 1.19 bits per heavy atom. The summed E-state index contributed by atoms with van der Waals surface area (Å²) in [5.41, 5.74) is 30.1. The summed E-state index contributed by atoms with van der Waals surface area (Å²) in [7, 11) is 2.19. The molecule has 2 heteroatoms. The Kier molecular flexibility index (Phi) is 10.4. The van der Waals surface area contributed by atoms with E-state index < -0.39 is 0 Å². The van der Waals surface area contributed by atoms with Crippen molar-refractivity contribution in [1.82, 2.24) is 4.57 Å². The Hall–Kier alpha value is -7.42. The van der Waals surface area contributed by atoms with E-state index in [-0.39, 0.29) is 5.41 Å². The number of para-hydroxylation sites is 1. The summed E-state index contributed by atoms with van der Waals surface area (Å²) in [5, 5.41) is 5.09. The van der Waals surface area contributed by atoms with Crippen LogP contribution in [0.5, 0.6) is 0 Å². The number of nitrogens with zero attached hydrogens (tertiary/aromatic N) is 2. The number of hydrogen-bond acceptors (Lipinski definition) is 1. The highest BCUT2D eigenvalue weighted by Crippen LogP contribution is 2.55. The quantitative estimate of drug-likeness (QED) is 0.145. The van der Waals surface area contributed by atoms with E-state index >= 15 is 0 Å². The van der Waals surface area contributed by atoms with Gasteiger partial charge in [0.15, 0.2) is 0 Å². The highest BCUT2D eigenvalue weighted by Gasteiger charge is 2.38. The molecule has 0 unspecified atom stereocenters. The summed E-state index contributed by atoms with van der Waals surface area (Å²) in [6, 6.07) is 60.8. The summed E-state index contributed by atoms with van der Waals surface area (Å²) in [4.78, 5) is 2.56. The average Bonchev–Trinajstić information content (AvgIpc) is 3.67. The van der Waals surface area contributed by atoms with E-state index in [9.17, 15) is 0 Å². The minimum atomic E-state index is -0.256. The van der Waals surface area contributed by atoms with Crippen molar-refractivity contribution in [3.8, 4) is 22.3 Å². The first kappa shape index (κ1) is 43.8. The number of rotatable bonds is 7. The molecule has 0 spiro atoms. The molecule has 2 nitrogen and oxygen atoms in total. The molecule has 344 valence electrons. The fraction of sp³-hybridized carbons (Fsp3) is 0.206. The van der Waals surface area contributed by atoms with Crippen LogP contribution in [-0.2, 0) is 31.7 Å². The molecule has 70 heavy (non-hydrogen) atoms. The van der Waals surface area contributed by atoms with Crippen molar-refractivity contribution in [1.29, 1.82) is 0 Å². The van der Waals surface area contributed by atoms with Gasteiger partial charge in [-0.05, 0) is 215 Å². The Morgan fingerprint density at radius 3 is 2.00 bits per heavy atom. The van der Waals surface area contributed by atoms with Gasteiger partial charge in [-0.3, -0.25) is 0 Å². The van der Waals surface area contributed by atoms with Gasteiger partial charge in [0.25, 0.3) is 0 Å². The minimum absolute atomic E-state index is 0.256. The Morgan fingerprint density at radius 1 is 0.514 bits per heavy atom. The minimum Gasteiger partial charge on any atom is -0.344 e. The fourth-order valence-electron chi connectivity index (χ4n) is 12.4. The highest BCUT2D eigenvalue weighted by atomic mass is 15.1. The van der Waals surface area contributed by atoms with E-state index in [1.54, 1.807) is 0 Å². The van der Waals surface area contributed by atoms with Crippen LogP contribution in [0, 0.1) is 41.5 Å². The molecule has 10 aromatic rings. The summed E-state index contributed by atoms with van der Waals surface area (Å²) in [6.07, 6.45) is 6.75. The van der Waals surface area contributed by atoms with Crippen molar-refractivity contribution in [2.75, 3.05) is 4.90 Å². The second-order valence-corrected chi connectivity index (χ2v) is 21.2. The average molecular weight is 907 g/mol. The molecule has 0 fully saturated rings. The van der Waals surface area contributed by atoms with Crippen molar-refractivity contribution >= 4 is 61.3 Å². The molecule has 0 amide bonds. The molecule has 12 rings (SSSR count). The van der Waals surface area contributed by atoms with Crippen molar-refractivity contribution in [2.45, 2.75) is 86.5 Å². The highest BCUT2D eigenvalue weighted by molar-refractivity contribution is 6.12. The van der Waals surface area contributed by atoms with Gasteiger partial charge in [-0.2, -0.15) is 0 Å². The van der Waals surface area contributed by atoms with Crippen LogP contribution in [0.4, 0.5) is 17.1 Å². The number of anilines is 3. The van der Waals surface area contributed by atoms with Crippen LogP contribution < -0.4 is 4.90 Å². The molecule has 0 N–H and O–H groups in total. The van der Waals surface area contributed by atoms with Crippen molar-refractivity contribution < 1.29 is 0 Å². The van der Waals surface area contributed by atoms with E-state index in [4.69, 9.17) is 0 Å². The first-order chi connectivity index (χ1) is 33.8. The lowest BCUT2D eigenvalue weighted by Gasteiger charge is -2.31. The molecular formula is C68H62N2. The number of allylic oxidation sites excluding steroid dienone is 1. The van der Waals surface area contributed by atoms with Crippen molar-refractivity contribution in [3.63, 3.8) is 0 Å². The monoisotopic (exact) mass is 906 g/mol. The van der Waals surface area contributed by atoms with Gasteiger partial charge >= 0.3 is 0 Å². The molecule has 1 aromatic heterocycles. The van der Waals surface area contributed by atoms with Crippen molar-refractivity contribution in [2.24, 2.45) is 7.05 Å². The molecule has 0 saturated carbocycles. The van der Waals surface area contributed by atoms with Gasteiger partial charge in [-0.1, -0.05) is 135 Å². The zero-order chi connectivity index (χ0) is 48.2. The van der Waals surface area contributed by atoms with Crippen molar-refractivity contribution in [3.05, 3.63) is 230 Å². The largest absolute Gasteiger partial charge is 0.344 e. The van der Waals surface area contributed by atoms with Gasteiger partial charge in [0.2, 0.25) is 0 Å². The van der Waals surface area contributed by atoms with Gasteiger partial charge in [-0.15, -0.1) is 0 Å². The predicted molar refractivity (Wildman–Crippen MR) is 301 cm³/mol. The van der Waals surface area contributed by atoms with Crippen LogP contribution in [0.2, 0.25) is 0 Å². The molecule has 0 aliphatic heterocycles. The molecule has 0 saturated heterocycles. The SMILES string of the molecule is Cc1cc(C)c(/C(=C\c2ccc3c(c2)-c2ccccc2CCC3)Cc2ccc3c(c2)C(C)(C)c2cc(N(c4ccc5c(c4)c4ccccc4n5C)c4cc(C)c(C)cc4C)c4ccccc4c2-3)cc1C. The maximum atomic E-state index is 2.56. The lowest BCUT2D eigenvalue weighted by atomic mass is 9.80. The Bertz CT molecular complexity index is 3830. The summed E-state index contributed by atoms with van der Waals surface area (Å²) in [5.74, 6) is 0. The van der Waals surface area contributed by atoms with Crippen LogP contribution >= 0.6 is 0 Å². The molecule has 1 heterocycles. The number of hydrogen-bond donors (Lipinski definition) is 0. The zero-order valence-corrected chi connectivity index (χ0v) is 42.3. The van der Waals surface area contributed by atoms with Gasteiger partial charge < -0.3 is 9.47 Å². The van der Waals surface area contributed by atoms with E-state index in [2.05, 4.69) is 236 Å². The zero-order valence-electron chi connectivity index (χ0n) is 42.3. The molecule has 2 aliphatic carbocycles. The fourth-order valence-corrected chi connectivity index (χ4v) is 12.4. The van der Waals surface area contributed by atoms with Crippen LogP contribution in [-0.4, -0.2) is 4.57 Å². The van der Waals surface area contributed by atoms with Crippen LogP contribution in [0.25, 0.3) is 66.5 Å². The third kappa shape index (κ3) is 7.06. The number of fused-ring (bicyclic) bond motifs is 11. The standard InChI is InChI=1S/C68H62N2/c1-41-31-45(5)58(33-43(41)3)51(35-47-25-27-50-19-16-18-49-17-10-11-20-53(49)59(50)37-47)36-48-26-29-57-61(38-48)68(7,8)62-40-66(54-21-12-13-23-56(54)67(57)62)70(65-34-44(4)42(2)32-46(65)6)52-28-30-64-60(39-52)55-22-14-15-24-63(55)69(64)9/h10-15,17,20-35,37-40H,16,18-19,36H2,1-9H3/b51-35-. The van der Waals surface area contributed by atoms with Gasteiger partial charge in [-0.25, -0.2) is 0 Å². The van der Waals surface area contributed by atoms with E-state index in [1.165, 1.54) is 151 Å². The predicted octanol–water partition coefficient (Wildman–Crippen LogP) is 18.1. The number of aromatic nitrogens is 1. The third-order valence-corrected chi connectivity index (χ3v) is 16.4. The molecule has 0 atom stereocenters. The topological polar surface area (TPSA) is 8.17 Å². The molecule has 9 aromatic carbocycles. The molecular weight excluding hydrogens is 845 g/mol. The summed E-state index contributed by atoms with van der Waals surface area (Å²) < 4.78 is 2.33. The maximum absolute atomic E-state index is 2.56. The van der Waals surface area contributed by atoms with Crippen LogP contribution in [0.1, 0.15) is 92.6 Å². The van der Waals surface area contributed by atoms with E-state index in [0.717, 1.165) is 24.9 Å². The van der Waals surface area contributed by atoms with E-state index in [0.29, 0.717) is 0 Å². The van der Waals surface area contributed by atoms with Crippen LogP contribution in [0.3, 0.4) is 0 Å². The number of aryl methyl sites for hydroxylation is 9. The van der Waals surface area contributed by atoms with Gasteiger partial charge in [0.1, 0.15) is 0 Å². The first-order valence-electron chi connectivity index (χ1n) is 25.4. The lowest BCUT2D eigenvalue weighted by Crippen LogP contribution is -2.17. The van der Waals surface area contributed by atoms with Gasteiger partial charge in [0, 0.05) is 51.0 Å². The lowest BCUT2D eigenvalue weighted by molar-refractivity contribution is 0.660. The van der Waals surface area contributed by atoms with E-state index in [1.807, 2.05) is 0 Å². The Labute approximate surface area is 414 Å².